The lowest BCUT2D eigenvalue weighted by atomic mass is 9.80. The van der Waals surface area contributed by atoms with Crippen molar-refractivity contribution < 1.29 is 24.5 Å². The van der Waals surface area contributed by atoms with Gasteiger partial charge in [0.15, 0.2) is 6.10 Å². The first-order valence-electron chi connectivity index (χ1n) is 5.08. The fraction of sp³-hybridized carbons (Fsp3) is 0.800. The summed E-state index contributed by atoms with van der Waals surface area (Å²) in [6.45, 7) is 1.23. The van der Waals surface area contributed by atoms with Crippen molar-refractivity contribution in [2.24, 2.45) is 0 Å². The minimum atomic E-state index is -1.62. The van der Waals surface area contributed by atoms with E-state index in [1.807, 2.05) is 0 Å². The number of hydrogen-bond donors (Lipinski definition) is 2. The molecule has 0 aromatic rings. The molecule has 1 fully saturated rings. The Hall–Kier alpha value is -0.810. The van der Waals surface area contributed by atoms with Crippen molar-refractivity contribution in [3.05, 3.63) is 0 Å². The van der Waals surface area contributed by atoms with Gasteiger partial charge in [-0.05, 0) is 25.7 Å². The van der Waals surface area contributed by atoms with E-state index >= 15 is 0 Å². The van der Waals surface area contributed by atoms with Crippen molar-refractivity contribution in [3.8, 4) is 0 Å². The van der Waals surface area contributed by atoms with E-state index in [0.29, 0.717) is 12.8 Å². The van der Waals surface area contributed by atoms with Crippen LogP contribution in [0.1, 0.15) is 39.0 Å². The van der Waals surface area contributed by atoms with E-state index < -0.39 is 23.6 Å². The Bertz CT molecular complexity index is 260. The molecule has 1 unspecified atom stereocenters. The first-order valence-corrected chi connectivity index (χ1v) is 5.08. The first-order chi connectivity index (χ1) is 6.98. The van der Waals surface area contributed by atoms with Gasteiger partial charge in [0.1, 0.15) is 5.60 Å². The van der Waals surface area contributed by atoms with E-state index in [-0.39, 0.29) is 12.4 Å². The molecule has 0 aromatic heterocycles. The molecule has 1 rings (SSSR count). The van der Waals surface area contributed by atoms with Crippen molar-refractivity contribution in [1.29, 1.82) is 0 Å². The van der Waals surface area contributed by atoms with Gasteiger partial charge in [-0.15, -0.1) is 12.4 Å². The number of aliphatic hydroxyl groups is 1. The molecular formula is C10H17ClO5. The molecule has 0 bridgehead atoms. The van der Waals surface area contributed by atoms with Crippen molar-refractivity contribution in [2.75, 3.05) is 0 Å². The first kappa shape index (κ1) is 15.2. The Labute approximate surface area is 100 Å². The Morgan fingerprint density at radius 1 is 1.25 bits per heavy atom. The summed E-state index contributed by atoms with van der Waals surface area (Å²) in [5, 5.41) is 18.3. The third-order valence-corrected chi connectivity index (χ3v) is 2.78. The number of carbonyl (C=O) groups excluding carboxylic acids is 1. The number of carbonyl (C=O) groups is 2. The van der Waals surface area contributed by atoms with Crippen LogP contribution in [0.25, 0.3) is 0 Å². The van der Waals surface area contributed by atoms with Crippen LogP contribution in [-0.2, 0) is 14.3 Å². The molecule has 94 valence electrons. The van der Waals surface area contributed by atoms with Crippen LogP contribution < -0.4 is 0 Å². The molecule has 0 spiro atoms. The summed E-state index contributed by atoms with van der Waals surface area (Å²) in [4.78, 5) is 21.7. The monoisotopic (exact) mass is 252 g/mol. The maximum absolute atomic E-state index is 10.9. The molecule has 0 amide bonds. The summed E-state index contributed by atoms with van der Waals surface area (Å²) in [5.41, 5.74) is -1.21. The van der Waals surface area contributed by atoms with E-state index in [2.05, 4.69) is 0 Å². The van der Waals surface area contributed by atoms with Gasteiger partial charge < -0.3 is 14.9 Å². The van der Waals surface area contributed by atoms with E-state index in [0.717, 1.165) is 19.3 Å². The summed E-state index contributed by atoms with van der Waals surface area (Å²) >= 11 is 0. The fourth-order valence-electron chi connectivity index (χ4n) is 2.09. The molecule has 0 heterocycles. The number of rotatable bonds is 3. The average molecular weight is 253 g/mol. The highest BCUT2D eigenvalue weighted by molar-refractivity contribution is 5.85. The van der Waals surface area contributed by atoms with Crippen molar-refractivity contribution in [2.45, 2.75) is 50.7 Å². The topological polar surface area (TPSA) is 83.8 Å². The van der Waals surface area contributed by atoms with Crippen LogP contribution in [-0.4, -0.2) is 33.9 Å². The largest absolute Gasteiger partial charge is 0.479 e. The minimum Gasteiger partial charge on any atom is -0.479 e. The molecule has 1 atom stereocenters. The minimum absolute atomic E-state index is 0. The normalized spacial score (nSPS) is 20.4. The van der Waals surface area contributed by atoms with Gasteiger partial charge in [0.25, 0.3) is 0 Å². The number of halogens is 1. The van der Waals surface area contributed by atoms with Gasteiger partial charge in [0.2, 0.25) is 0 Å². The number of carboxylic acid groups (broad SMARTS) is 1. The van der Waals surface area contributed by atoms with Crippen LogP contribution in [0.4, 0.5) is 0 Å². The van der Waals surface area contributed by atoms with Gasteiger partial charge in [0.05, 0.1) is 0 Å². The molecule has 6 heteroatoms. The predicted molar refractivity (Wildman–Crippen MR) is 58.5 cm³/mol. The van der Waals surface area contributed by atoms with Crippen LogP contribution in [0, 0.1) is 0 Å². The molecule has 0 aromatic carbocycles. The maximum atomic E-state index is 10.9. The van der Waals surface area contributed by atoms with E-state index in [4.69, 9.17) is 9.84 Å². The number of aliphatic carboxylic acids is 1. The van der Waals surface area contributed by atoms with Crippen molar-refractivity contribution in [3.63, 3.8) is 0 Å². The molecule has 2 N–H and O–H groups in total. The number of ether oxygens (including phenoxy) is 1. The Morgan fingerprint density at radius 2 is 1.75 bits per heavy atom. The zero-order chi connectivity index (χ0) is 11.5. The Balaban J connectivity index is 0.00000225. The highest BCUT2D eigenvalue weighted by atomic mass is 35.5. The smallest absolute Gasteiger partial charge is 0.336 e. The summed E-state index contributed by atoms with van der Waals surface area (Å²) in [6, 6.07) is 0. The standard InChI is InChI=1S/C10H16O5.ClH/c1-7(11)15-10(8(12)9(13)14)5-3-2-4-6-10;/h8,12H,2-6H2,1H3,(H,13,14);1H. The SMILES string of the molecule is CC(=O)OC1(C(O)C(=O)O)CCCCC1.Cl. The van der Waals surface area contributed by atoms with E-state index in [1.165, 1.54) is 6.92 Å². The molecule has 1 aliphatic rings. The average Bonchev–Trinajstić information content (AvgIpc) is 2.16. The maximum Gasteiger partial charge on any atom is 0.336 e. The van der Waals surface area contributed by atoms with Gasteiger partial charge in [-0.2, -0.15) is 0 Å². The fourth-order valence-corrected chi connectivity index (χ4v) is 2.09. The van der Waals surface area contributed by atoms with Gasteiger partial charge in [-0.3, -0.25) is 4.79 Å². The van der Waals surface area contributed by atoms with Crippen LogP contribution >= 0.6 is 12.4 Å². The molecule has 16 heavy (non-hydrogen) atoms. The third-order valence-electron chi connectivity index (χ3n) is 2.78. The van der Waals surface area contributed by atoms with Crippen LogP contribution in [0.15, 0.2) is 0 Å². The predicted octanol–water partition coefficient (Wildman–Crippen LogP) is 1.12. The van der Waals surface area contributed by atoms with Crippen LogP contribution in [0.5, 0.6) is 0 Å². The van der Waals surface area contributed by atoms with E-state index in [9.17, 15) is 14.7 Å². The van der Waals surface area contributed by atoms with Gasteiger partial charge >= 0.3 is 11.9 Å². The van der Waals surface area contributed by atoms with Gasteiger partial charge in [0, 0.05) is 6.92 Å². The number of hydrogen-bond acceptors (Lipinski definition) is 4. The molecule has 0 saturated heterocycles. The molecule has 1 aliphatic carbocycles. The van der Waals surface area contributed by atoms with Crippen LogP contribution in [0.2, 0.25) is 0 Å². The third kappa shape index (κ3) is 3.35. The van der Waals surface area contributed by atoms with Crippen molar-refractivity contribution >= 4 is 24.3 Å². The molecular weight excluding hydrogens is 236 g/mol. The molecule has 0 aliphatic heterocycles. The number of aliphatic hydroxyl groups excluding tert-OH is 1. The summed E-state index contributed by atoms with van der Waals surface area (Å²) < 4.78 is 5.03. The molecule has 0 radical (unpaired) electrons. The van der Waals surface area contributed by atoms with E-state index in [1.54, 1.807) is 0 Å². The summed E-state index contributed by atoms with van der Waals surface area (Å²) in [5.74, 6) is -1.88. The van der Waals surface area contributed by atoms with Gasteiger partial charge in [-0.1, -0.05) is 6.42 Å². The Morgan fingerprint density at radius 3 is 2.12 bits per heavy atom. The lowest BCUT2D eigenvalue weighted by molar-refractivity contribution is -0.187. The second-order valence-corrected chi connectivity index (χ2v) is 3.96. The summed E-state index contributed by atoms with van der Waals surface area (Å²) in [6.07, 6.45) is 1.74. The zero-order valence-electron chi connectivity index (χ0n) is 9.14. The molecule has 5 nitrogen and oxygen atoms in total. The molecule has 1 saturated carbocycles. The quantitative estimate of drug-likeness (QED) is 0.736. The van der Waals surface area contributed by atoms with Gasteiger partial charge in [-0.25, -0.2) is 4.79 Å². The second-order valence-electron chi connectivity index (χ2n) is 3.96. The zero-order valence-corrected chi connectivity index (χ0v) is 9.96. The van der Waals surface area contributed by atoms with Crippen LogP contribution in [0.3, 0.4) is 0 Å². The summed E-state index contributed by atoms with van der Waals surface area (Å²) in [7, 11) is 0. The van der Waals surface area contributed by atoms with Crippen molar-refractivity contribution in [1.82, 2.24) is 0 Å². The highest BCUT2D eigenvalue weighted by Crippen LogP contribution is 2.34. The lowest BCUT2D eigenvalue weighted by Crippen LogP contribution is -2.51. The Kier molecular flexibility index (Phi) is 5.75. The number of carboxylic acids is 1. The second kappa shape index (κ2) is 6.06. The highest BCUT2D eigenvalue weighted by Gasteiger charge is 2.46. The lowest BCUT2D eigenvalue weighted by Gasteiger charge is -2.38. The number of esters is 1.